The first-order valence-electron chi connectivity index (χ1n) is 5.32. The van der Waals surface area contributed by atoms with Gasteiger partial charge in [-0.15, -0.1) is 0 Å². The highest BCUT2D eigenvalue weighted by Crippen LogP contribution is 2.14. The summed E-state index contributed by atoms with van der Waals surface area (Å²) in [5.41, 5.74) is 6.43. The number of benzene rings is 1. The van der Waals surface area contributed by atoms with Crippen LogP contribution in [0, 0.1) is 17.1 Å². The number of nitrogens with two attached hydrogens (primary N) is 1. The molecule has 19 heavy (non-hydrogen) atoms. The average Bonchev–Trinajstić information content (AvgIpc) is 2.42. The van der Waals surface area contributed by atoms with Crippen LogP contribution in [0.1, 0.15) is 15.9 Å². The number of halogens is 1. The Morgan fingerprint density at radius 2 is 2.05 bits per heavy atom. The number of nitrogen functional groups attached to an aromatic ring is 1. The third kappa shape index (κ3) is 2.84. The summed E-state index contributed by atoms with van der Waals surface area (Å²) < 4.78 is 13.0. The number of nitriles is 1. The smallest absolute Gasteiger partial charge is 0.259 e. The van der Waals surface area contributed by atoms with Gasteiger partial charge in [0.2, 0.25) is 0 Å². The molecule has 1 aromatic carbocycles. The van der Waals surface area contributed by atoms with E-state index < -0.39 is 11.7 Å². The fourth-order valence-electron chi connectivity index (χ4n) is 1.46. The van der Waals surface area contributed by atoms with Crippen molar-refractivity contribution >= 4 is 17.4 Å². The van der Waals surface area contributed by atoms with E-state index in [1.807, 2.05) is 6.07 Å². The molecule has 0 unspecified atom stereocenters. The van der Waals surface area contributed by atoms with Gasteiger partial charge in [0.05, 0.1) is 23.4 Å². The SMILES string of the molecule is N#Cc1ccc(NC(=O)c2cc(F)cnc2N)cc1. The maximum Gasteiger partial charge on any atom is 0.259 e. The molecule has 0 saturated carbocycles. The van der Waals surface area contributed by atoms with E-state index in [4.69, 9.17) is 11.0 Å². The Morgan fingerprint density at radius 3 is 2.68 bits per heavy atom. The van der Waals surface area contributed by atoms with Gasteiger partial charge < -0.3 is 11.1 Å². The van der Waals surface area contributed by atoms with Crippen LogP contribution in [0.5, 0.6) is 0 Å². The summed E-state index contributed by atoms with van der Waals surface area (Å²) >= 11 is 0. The van der Waals surface area contributed by atoms with Crippen molar-refractivity contribution in [3.05, 3.63) is 53.5 Å². The van der Waals surface area contributed by atoms with Crippen molar-refractivity contribution in [2.24, 2.45) is 0 Å². The third-order valence-electron chi connectivity index (χ3n) is 2.40. The average molecular weight is 256 g/mol. The summed E-state index contributed by atoms with van der Waals surface area (Å²) in [6.07, 6.45) is 0.938. The van der Waals surface area contributed by atoms with Crippen LogP contribution < -0.4 is 11.1 Å². The molecule has 2 aromatic rings. The molecule has 0 aliphatic rings. The molecule has 0 radical (unpaired) electrons. The number of hydrogen-bond donors (Lipinski definition) is 2. The van der Waals surface area contributed by atoms with Crippen LogP contribution in [0.3, 0.4) is 0 Å². The Hall–Kier alpha value is -2.94. The minimum absolute atomic E-state index is 0.0376. The summed E-state index contributed by atoms with van der Waals surface area (Å²) in [6.45, 7) is 0. The Morgan fingerprint density at radius 1 is 1.37 bits per heavy atom. The van der Waals surface area contributed by atoms with E-state index in [-0.39, 0.29) is 11.4 Å². The quantitative estimate of drug-likeness (QED) is 0.858. The number of aromatic nitrogens is 1. The molecule has 0 saturated heterocycles. The lowest BCUT2D eigenvalue weighted by Gasteiger charge is -2.07. The summed E-state index contributed by atoms with van der Waals surface area (Å²) in [7, 11) is 0. The number of nitrogens with one attached hydrogen (secondary N) is 1. The van der Waals surface area contributed by atoms with E-state index in [0.717, 1.165) is 12.3 Å². The topological polar surface area (TPSA) is 91.8 Å². The van der Waals surface area contributed by atoms with Crippen LogP contribution in [0.15, 0.2) is 36.5 Å². The van der Waals surface area contributed by atoms with Gasteiger partial charge in [-0.3, -0.25) is 4.79 Å². The van der Waals surface area contributed by atoms with Gasteiger partial charge >= 0.3 is 0 Å². The van der Waals surface area contributed by atoms with E-state index in [1.165, 1.54) is 0 Å². The molecule has 0 fully saturated rings. The standard InChI is InChI=1S/C13H9FN4O/c14-9-5-11(12(16)17-7-9)13(19)18-10-3-1-8(6-15)2-4-10/h1-5,7H,(H2,16,17)(H,18,19). The molecule has 1 heterocycles. The molecular formula is C13H9FN4O. The molecule has 1 aromatic heterocycles. The molecule has 3 N–H and O–H groups in total. The van der Waals surface area contributed by atoms with Gasteiger partial charge in [0.15, 0.2) is 0 Å². The second kappa shape index (κ2) is 5.14. The highest BCUT2D eigenvalue weighted by Gasteiger charge is 2.12. The van der Waals surface area contributed by atoms with Gasteiger partial charge in [-0.25, -0.2) is 9.37 Å². The van der Waals surface area contributed by atoms with Crippen LogP contribution in [0.4, 0.5) is 15.9 Å². The normalized spacial score (nSPS) is 9.68. The number of pyridine rings is 1. The van der Waals surface area contributed by atoms with Gasteiger partial charge in [0.25, 0.3) is 5.91 Å². The lowest BCUT2D eigenvalue weighted by atomic mass is 10.2. The van der Waals surface area contributed by atoms with Crippen molar-refractivity contribution in [1.29, 1.82) is 5.26 Å². The highest BCUT2D eigenvalue weighted by atomic mass is 19.1. The van der Waals surface area contributed by atoms with E-state index >= 15 is 0 Å². The first-order valence-corrected chi connectivity index (χ1v) is 5.32. The monoisotopic (exact) mass is 256 g/mol. The highest BCUT2D eigenvalue weighted by molar-refractivity contribution is 6.07. The van der Waals surface area contributed by atoms with Crippen LogP contribution in [-0.2, 0) is 0 Å². The van der Waals surface area contributed by atoms with Crippen LogP contribution in [0.25, 0.3) is 0 Å². The minimum atomic E-state index is -0.640. The summed E-state index contributed by atoms with van der Waals surface area (Å²) in [4.78, 5) is 15.4. The molecule has 1 amide bonds. The Labute approximate surface area is 108 Å². The Balaban J connectivity index is 2.21. The number of anilines is 2. The second-order valence-electron chi connectivity index (χ2n) is 3.73. The molecule has 0 bridgehead atoms. The van der Waals surface area contributed by atoms with Crippen molar-refractivity contribution in [3.63, 3.8) is 0 Å². The van der Waals surface area contributed by atoms with Gasteiger partial charge in [-0.2, -0.15) is 5.26 Å². The molecule has 0 atom stereocenters. The first-order chi connectivity index (χ1) is 9.10. The summed E-state index contributed by atoms with van der Waals surface area (Å²) in [6, 6.07) is 9.23. The molecule has 0 spiro atoms. The molecule has 0 aliphatic heterocycles. The number of amides is 1. The van der Waals surface area contributed by atoms with Crippen LogP contribution in [0.2, 0.25) is 0 Å². The lowest BCUT2D eigenvalue weighted by Crippen LogP contribution is -2.15. The molecule has 6 heteroatoms. The number of carbonyl (C=O) groups excluding carboxylic acids is 1. The number of rotatable bonds is 2. The fourth-order valence-corrected chi connectivity index (χ4v) is 1.46. The first kappa shape index (κ1) is 12.5. The predicted molar refractivity (Wildman–Crippen MR) is 67.7 cm³/mol. The zero-order valence-corrected chi connectivity index (χ0v) is 9.72. The molecular weight excluding hydrogens is 247 g/mol. The Kier molecular flexibility index (Phi) is 3.39. The number of hydrogen-bond acceptors (Lipinski definition) is 4. The zero-order valence-electron chi connectivity index (χ0n) is 9.72. The van der Waals surface area contributed by atoms with Crippen molar-refractivity contribution in [1.82, 2.24) is 4.98 Å². The molecule has 5 nitrogen and oxygen atoms in total. The Bertz CT molecular complexity index is 661. The van der Waals surface area contributed by atoms with E-state index in [9.17, 15) is 9.18 Å². The number of carbonyl (C=O) groups is 1. The predicted octanol–water partition coefficient (Wildman–Crippen LogP) is 1.93. The van der Waals surface area contributed by atoms with Gasteiger partial charge in [-0.1, -0.05) is 0 Å². The molecule has 0 aliphatic carbocycles. The zero-order chi connectivity index (χ0) is 13.8. The minimum Gasteiger partial charge on any atom is -0.383 e. The van der Waals surface area contributed by atoms with Crippen molar-refractivity contribution in [2.45, 2.75) is 0 Å². The summed E-state index contributed by atoms with van der Waals surface area (Å²) in [5.74, 6) is -1.25. The van der Waals surface area contributed by atoms with E-state index in [2.05, 4.69) is 10.3 Å². The van der Waals surface area contributed by atoms with Gasteiger partial charge in [0.1, 0.15) is 11.6 Å². The van der Waals surface area contributed by atoms with Crippen LogP contribution in [-0.4, -0.2) is 10.9 Å². The van der Waals surface area contributed by atoms with Gasteiger partial charge in [0, 0.05) is 5.69 Å². The fraction of sp³-hybridized carbons (Fsp3) is 0. The van der Waals surface area contributed by atoms with Gasteiger partial charge in [-0.05, 0) is 30.3 Å². The van der Waals surface area contributed by atoms with Crippen molar-refractivity contribution in [2.75, 3.05) is 11.1 Å². The van der Waals surface area contributed by atoms with Crippen molar-refractivity contribution < 1.29 is 9.18 Å². The lowest BCUT2D eigenvalue weighted by molar-refractivity contribution is 0.102. The maximum atomic E-state index is 13.0. The van der Waals surface area contributed by atoms with E-state index in [1.54, 1.807) is 24.3 Å². The second-order valence-corrected chi connectivity index (χ2v) is 3.73. The number of nitrogens with zero attached hydrogens (tertiary/aromatic N) is 2. The largest absolute Gasteiger partial charge is 0.383 e. The maximum absolute atomic E-state index is 13.0. The van der Waals surface area contributed by atoms with Crippen molar-refractivity contribution in [3.8, 4) is 6.07 Å². The summed E-state index contributed by atoms with van der Waals surface area (Å²) in [5, 5.41) is 11.2. The van der Waals surface area contributed by atoms with E-state index in [0.29, 0.717) is 11.3 Å². The third-order valence-corrected chi connectivity index (χ3v) is 2.40. The molecule has 94 valence electrons. The van der Waals surface area contributed by atoms with Crippen LogP contribution >= 0.6 is 0 Å². The molecule has 2 rings (SSSR count).